The van der Waals surface area contributed by atoms with Gasteiger partial charge < -0.3 is 0 Å². The fraction of sp³-hybridized carbons (Fsp3) is 1.00. The molecule has 0 N–H and O–H groups in total. The predicted octanol–water partition coefficient (Wildman–Crippen LogP) is 3.95. The molecular weight excluding hydrogens is 215 g/mol. The summed E-state index contributed by atoms with van der Waals surface area (Å²) in [5, 5.41) is 0. The molecule has 0 aromatic carbocycles. The molecule has 0 aliphatic rings. The molecule has 0 aromatic heterocycles. The largest absolute Gasteiger partial charge is 0.0771 e. The molecule has 0 spiro atoms. The van der Waals surface area contributed by atoms with Crippen LogP contribution in [-0.4, -0.2) is 32.1 Å². The molecule has 0 saturated carbocycles. The third kappa shape index (κ3) is 2.27. The van der Waals surface area contributed by atoms with Gasteiger partial charge >= 0.3 is 0 Å². The van der Waals surface area contributed by atoms with Crippen molar-refractivity contribution in [1.82, 2.24) is 0 Å². The highest BCUT2D eigenvalue weighted by Crippen LogP contribution is 2.50. The molecule has 14 heavy (non-hydrogen) atoms. The Bertz CT molecular complexity index is 169. The van der Waals surface area contributed by atoms with Crippen molar-refractivity contribution < 1.29 is 0 Å². The van der Waals surface area contributed by atoms with E-state index in [2.05, 4.69) is 58.9 Å². The molecule has 0 bridgehead atoms. The molecule has 0 amide bonds. The highest BCUT2D eigenvalue weighted by molar-refractivity contribution is 7.21. The molecule has 0 saturated heterocycles. The first-order valence-corrected chi connectivity index (χ1v) is 16.0. The first kappa shape index (κ1) is 14.7. The Morgan fingerprint density at radius 3 is 0.714 bits per heavy atom. The van der Waals surface area contributed by atoms with Gasteiger partial charge in [-0.2, -0.15) is 0 Å². The van der Waals surface area contributed by atoms with Gasteiger partial charge in [0.1, 0.15) is 0 Å². The Kier molecular flexibility index (Phi) is 3.82. The lowest BCUT2D eigenvalue weighted by atomic mass is 10.2. The van der Waals surface area contributed by atoms with Gasteiger partial charge in [0.2, 0.25) is 0 Å². The first-order valence-electron chi connectivity index (χ1n) is 5.54. The fourth-order valence-electron chi connectivity index (χ4n) is 3.38. The van der Waals surface area contributed by atoms with Gasteiger partial charge in [-0.25, -0.2) is 0 Å². The van der Waals surface area contributed by atoms with Crippen LogP contribution in [0.25, 0.3) is 0 Å². The van der Waals surface area contributed by atoms with Crippen molar-refractivity contribution >= 4 is 32.1 Å². The summed E-state index contributed by atoms with van der Waals surface area (Å²) in [5.41, 5.74) is 0. The van der Waals surface area contributed by atoms with Crippen LogP contribution in [0.1, 0.15) is 0 Å². The third-order valence-electron chi connectivity index (χ3n) is 3.55. The van der Waals surface area contributed by atoms with Gasteiger partial charge in [-0.1, -0.05) is 63.1 Å². The topological polar surface area (TPSA) is 0 Å². The van der Waals surface area contributed by atoms with Crippen molar-refractivity contribution in [1.29, 1.82) is 0 Å². The summed E-state index contributed by atoms with van der Waals surface area (Å²) < 4.78 is 0.229. The molecule has 0 aliphatic heterocycles. The number of hydrogen-bond acceptors (Lipinski definition) is 0. The van der Waals surface area contributed by atoms with E-state index in [1.165, 1.54) is 0 Å². The molecule has 0 atom stereocenters. The molecule has 0 aliphatic carbocycles. The van der Waals surface area contributed by atoms with E-state index in [4.69, 9.17) is 7.85 Å². The van der Waals surface area contributed by atoms with Crippen LogP contribution >= 0.6 is 0 Å². The van der Waals surface area contributed by atoms with Crippen LogP contribution in [0.3, 0.4) is 0 Å². The Hall–Kier alpha value is 0.716. The minimum atomic E-state index is -1.28. The molecule has 4 heteroatoms. The van der Waals surface area contributed by atoms with E-state index in [0.29, 0.717) is 0 Å². The molecule has 0 fully saturated rings. The maximum Gasteiger partial charge on any atom is 0.0624 e. The lowest BCUT2D eigenvalue weighted by molar-refractivity contribution is 1.25. The van der Waals surface area contributed by atoms with Crippen LogP contribution in [0.4, 0.5) is 0 Å². The smallest absolute Gasteiger partial charge is 0.0624 e. The van der Waals surface area contributed by atoms with Crippen LogP contribution in [-0.2, 0) is 0 Å². The molecule has 0 aromatic rings. The average molecular weight is 242 g/mol. The van der Waals surface area contributed by atoms with Crippen molar-refractivity contribution in [2.75, 3.05) is 0 Å². The van der Waals surface area contributed by atoms with Crippen molar-refractivity contribution in [3.05, 3.63) is 0 Å². The zero-order chi connectivity index (χ0) is 12.0. The summed E-state index contributed by atoms with van der Waals surface area (Å²) in [6, 6.07) is 0. The van der Waals surface area contributed by atoms with Crippen LogP contribution in [0.15, 0.2) is 0 Å². The van der Waals surface area contributed by atoms with Crippen LogP contribution < -0.4 is 0 Å². The van der Waals surface area contributed by atoms with Crippen molar-refractivity contribution in [3.63, 3.8) is 0 Å². The van der Waals surface area contributed by atoms with Crippen LogP contribution in [0.5, 0.6) is 0 Å². The average Bonchev–Trinajstić information content (AvgIpc) is 1.77. The Morgan fingerprint density at radius 2 is 0.714 bits per heavy atom. The van der Waals surface area contributed by atoms with Gasteiger partial charge in [0.15, 0.2) is 0 Å². The summed E-state index contributed by atoms with van der Waals surface area (Å²) in [5.74, 6) is 0. The van der Waals surface area contributed by atoms with E-state index in [-0.39, 0.29) is 4.18 Å². The lowest BCUT2D eigenvalue weighted by Gasteiger charge is -2.57. The van der Waals surface area contributed by atoms with Gasteiger partial charge in [0.05, 0.1) is 7.85 Å². The van der Waals surface area contributed by atoms with E-state index in [9.17, 15) is 0 Å². The zero-order valence-electron chi connectivity index (χ0n) is 11.6. The summed E-state index contributed by atoms with van der Waals surface area (Å²) in [4.78, 5) is 0. The van der Waals surface area contributed by atoms with Gasteiger partial charge in [-0.05, 0) is 0 Å². The summed E-state index contributed by atoms with van der Waals surface area (Å²) >= 11 is 0. The SMILES string of the molecule is [B]C([Si](C)(C)C)([Si](C)(C)C)[Si](C)(C)C. The van der Waals surface area contributed by atoms with Crippen molar-refractivity contribution in [2.24, 2.45) is 0 Å². The normalized spacial score (nSPS) is 15.8. The van der Waals surface area contributed by atoms with Crippen LogP contribution in [0.2, 0.25) is 63.1 Å². The highest BCUT2D eigenvalue weighted by atomic mass is 28.5. The molecule has 2 radical (unpaired) electrons. The Morgan fingerprint density at radius 1 is 0.571 bits per heavy atom. The minimum Gasteiger partial charge on any atom is -0.0771 e. The maximum absolute atomic E-state index is 6.91. The molecule has 0 nitrogen and oxygen atoms in total. The predicted molar refractivity (Wildman–Crippen MR) is 78.5 cm³/mol. The summed E-state index contributed by atoms with van der Waals surface area (Å²) in [6.45, 7) is 22.0. The van der Waals surface area contributed by atoms with E-state index in [0.717, 1.165) is 0 Å². The van der Waals surface area contributed by atoms with Gasteiger partial charge in [-0.3, -0.25) is 0 Å². The zero-order valence-corrected chi connectivity index (χ0v) is 14.6. The van der Waals surface area contributed by atoms with Crippen LogP contribution in [0, 0.1) is 0 Å². The van der Waals surface area contributed by atoms with E-state index in [1.807, 2.05) is 0 Å². The van der Waals surface area contributed by atoms with Gasteiger partial charge in [-0.15, -0.1) is 0 Å². The third-order valence-corrected chi connectivity index (χ3v) is 24.1. The van der Waals surface area contributed by atoms with Crippen molar-refractivity contribution in [2.45, 2.75) is 63.1 Å². The van der Waals surface area contributed by atoms with E-state index >= 15 is 0 Å². The summed E-state index contributed by atoms with van der Waals surface area (Å²) in [6.07, 6.45) is 0. The molecule has 0 unspecified atom stereocenters. The number of hydrogen-bond donors (Lipinski definition) is 0. The summed E-state index contributed by atoms with van der Waals surface area (Å²) in [7, 11) is 3.07. The minimum absolute atomic E-state index is 0.229. The molecule has 0 heterocycles. The van der Waals surface area contributed by atoms with Crippen molar-refractivity contribution in [3.8, 4) is 0 Å². The standard InChI is InChI=1S/C10H27BSi3/c1-12(2,3)10(11,13(4,5)6)14(7,8)9/h1-9H3. The second kappa shape index (κ2) is 3.63. The molecule has 0 rings (SSSR count). The monoisotopic (exact) mass is 242 g/mol. The fourth-order valence-corrected chi connectivity index (χ4v) is 30.4. The van der Waals surface area contributed by atoms with Gasteiger partial charge in [0.25, 0.3) is 0 Å². The van der Waals surface area contributed by atoms with E-state index < -0.39 is 24.2 Å². The Balaban J connectivity index is 5.54. The van der Waals surface area contributed by atoms with E-state index in [1.54, 1.807) is 0 Å². The molecular formula is C10H27BSi3. The maximum atomic E-state index is 6.91. The second-order valence-corrected chi connectivity index (χ2v) is 24.9. The quantitative estimate of drug-likeness (QED) is 0.657. The lowest BCUT2D eigenvalue weighted by Crippen LogP contribution is -2.66. The highest BCUT2D eigenvalue weighted by Gasteiger charge is 2.55. The molecule has 82 valence electrons. The number of rotatable bonds is 3. The first-order chi connectivity index (χ1) is 5.75. The van der Waals surface area contributed by atoms with Gasteiger partial charge in [0, 0.05) is 24.2 Å². The Labute approximate surface area is 95.3 Å². The second-order valence-electron chi connectivity index (χ2n) is 7.56.